The molecule has 10 heteroatoms. The first-order valence-electron chi connectivity index (χ1n) is 15.7. The smallest absolute Gasteiger partial charge is 0.346 e. The monoisotopic (exact) mass is 672 g/mol. The van der Waals surface area contributed by atoms with Gasteiger partial charge in [-0.3, -0.25) is 4.79 Å². The van der Waals surface area contributed by atoms with Crippen LogP contribution >= 0.6 is 11.8 Å². The number of carbonyl (C=O) groups is 3. The van der Waals surface area contributed by atoms with Crippen LogP contribution in [0.25, 0.3) is 0 Å². The Labute approximate surface area is 287 Å². The van der Waals surface area contributed by atoms with Crippen LogP contribution in [0.2, 0.25) is 0 Å². The summed E-state index contributed by atoms with van der Waals surface area (Å²) in [5.74, 6) is -1.57. The Kier molecular flexibility index (Phi) is 9.28. The van der Waals surface area contributed by atoms with Crippen LogP contribution in [-0.2, 0) is 20.8 Å². The number of amides is 1. The van der Waals surface area contributed by atoms with E-state index in [-0.39, 0.29) is 35.3 Å². The number of rotatable bonds is 9. The predicted molar refractivity (Wildman–Crippen MR) is 185 cm³/mol. The summed E-state index contributed by atoms with van der Waals surface area (Å²) in [6.07, 6.45) is -1.53. The quantitative estimate of drug-likeness (QED) is 0.0651. The molecule has 0 bridgehead atoms. The summed E-state index contributed by atoms with van der Waals surface area (Å²) in [5, 5.41) is 12.6. The Hall–Kier alpha value is -5.26. The number of anilines is 2. The molecule has 1 fully saturated rings. The van der Waals surface area contributed by atoms with Gasteiger partial charge in [0.05, 0.1) is 29.9 Å². The Balaban J connectivity index is 1.20. The van der Waals surface area contributed by atoms with Crippen LogP contribution in [0.3, 0.4) is 0 Å². The summed E-state index contributed by atoms with van der Waals surface area (Å²) >= 11 is 1.62. The van der Waals surface area contributed by atoms with E-state index >= 15 is 0 Å². The largest absolute Gasteiger partial charge is 0.398 e. The lowest BCUT2D eigenvalue weighted by Crippen LogP contribution is -2.38. The van der Waals surface area contributed by atoms with Crippen molar-refractivity contribution in [2.24, 2.45) is 0 Å². The number of carbonyl (C=O) groups excluding carboxylic acids is 3. The number of hydrogen-bond acceptors (Lipinski definition) is 9. The van der Waals surface area contributed by atoms with E-state index in [9.17, 15) is 19.5 Å². The van der Waals surface area contributed by atoms with Gasteiger partial charge in [0, 0.05) is 39.1 Å². The van der Waals surface area contributed by atoms with Crippen LogP contribution in [0.5, 0.6) is 0 Å². The van der Waals surface area contributed by atoms with Crippen molar-refractivity contribution in [3.05, 3.63) is 160 Å². The van der Waals surface area contributed by atoms with Gasteiger partial charge in [0.1, 0.15) is 0 Å². The van der Waals surface area contributed by atoms with E-state index in [2.05, 4.69) is 22.2 Å². The van der Waals surface area contributed by atoms with Gasteiger partial charge in [0.15, 0.2) is 6.29 Å². The van der Waals surface area contributed by atoms with E-state index in [1.807, 2.05) is 72.8 Å². The summed E-state index contributed by atoms with van der Waals surface area (Å²) in [5.41, 5.74) is 11.4. The van der Waals surface area contributed by atoms with Gasteiger partial charge in [-0.15, -0.1) is 11.8 Å². The Bertz CT molecular complexity index is 2020. The van der Waals surface area contributed by atoms with Gasteiger partial charge in [0.2, 0.25) is 0 Å². The van der Waals surface area contributed by atoms with Crippen LogP contribution in [0.4, 0.5) is 11.4 Å². The highest BCUT2D eigenvalue weighted by Crippen LogP contribution is 2.48. The number of cyclic esters (lactones) is 2. The third-order valence-electron chi connectivity index (χ3n) is 8.62. The maximum absolute atomic E-state index is 13.2. The van der Waals surface area contributed by atoms with Crippen molar-refractivity contribution in [3.63, 3.8) is 0 Å². The van der Waals surface area contributed by atoms with Crippen molar-refractivity contribution < 1.29 is 33.7 Å². The molecule has 0 aromatic heterocycles. The molecule has 49 heavy (non-hydrogen) atoms. The number of aliphatic hydroxyl groups is 1. The average molecular weight is 673 g/mol. The van der Waals surface area contributed by atoms with Gasteiger partial charge in [-0.2, -0.15) is 0 Å². The van der Waals surface area contributed by atoms with Gasteiger partial charge in [-0.1, -0.05) is 78.9 Å². The fourth-order valence-electron chi connectivity index (χ4n) is 6.13. The number of esters is 2. The lowest BCUT2D eigenvalue weighted by atomic mass is 9.84. The van der Waals surface area contributed by atoms with E-state index in [0.29, 0.717) is 22.7 Å². The Morgan fingerprint density at radius 1 is 0.755 bits per heavy atom. The standard InChI is InChI=1S/C39H32N2O7S/c40-31-11-4-5-12-33(31)49-22-32-34(24-7-2-1-3-8-24)35(25-15-13-23(21-42)14-16-25)47-39(46-32)27-9-6-10-28(19-27)41-36(43)26-17-18-29-30(20-26)38(45)48-37(29)44/h1-20,32,34-35,39,42H,21-22,40H2,(H,41,43). The number of nitrogens with one attached hydrogen (secondary N) is 1. The Morgan fingerprint density at radius 3 is 2.27 bits per heavy atom. The van der Waals surface area contributed by atoms with E-state index in [4.69, 9.17) is 15.2 Å². The highest BCUT2D eigenvalue weighted by Gasteiger charge is 2.42. The van der Waals surface area contributed by atoms with Gasteiger partial charge >= 0.3 is 11.9 Å². The predicted octanol–water partition coefficient (Wildman–Crippen LogP) is 7.06. The van der Waals surface area contributed by atoms with Crippen molar-refractivity contribution in [3.8, 4) is 0 Å². The van der Waals surface area contributed by atoms with Crippen molar-refractivity contribution in [2.45, 2.75) is 35.9 Å². The number of fused-ring (bicyclic) bond motifs is 1. The molecular weight excluding hydrogens is 641 g/mol. The number of ether oxygens (including phenoxy) is 3. The zero-order valence-electron chi connectivity index (χ0n) is 26.2. The molecule has 0 radical (unpaired) electrons. The third kappa shape index (κ3) is 6.85. The fourth-order valence-corrected chi connectivity index (χ4v) is 7.17. The maximum atomic E-state index is 13.2. The molecular formula is C39H32N2O7S. The normalized spacial score (nSPS) is 20.0. The number of para-hydroxylation sites is 1. The SMILES string of the molecule is Nc1ccccc1SCC1OC(c2cccc(NC(=O)c3ccc4c(c3)C(=O)OC4=O)c2)OC(c2ccc(CO)cc2)C1c1ccccc1. The summed E-state index contributed by atoms with van der Waals surface area (Å²) in [4.78, 5) is 38.1. The van der Waals surface area contributed by atoms with Crippen LogP contribution in [0.15, 0.2) is 126 Å². The number of nitrogens with two attached hydrogens (primary N) is 1. The minimum Gasteiger partial charge on any atom is -0.398 e. The lowest BCUT2D eigenvalue weighted by Gasteiger charge is -2.43. The topological polar surface area (TPSA) is 137 Å². The number of hydrogen-bond donors (Lipinski definition) is 3. The summed E-state index contributed by atoms with van der Waals surface area (Å²) in [6, 6.07) is 37.1. The average Bonchev–Trinajstić information content (AvgIpc) is 3.43. The second kappa shape index (κ2) is 14.1. The molecule has 5 aromatic rings. The summed E-state index contributed by atoms with van der Waals surface area (Å²) in [7, 11) is 0. The van der Waals surface area contributed by atoms with Crippen LogP contribution in [0, 0.1) is 0 Å². The molecule has 0 saturated carbocycles. The van der Waals surface area contributed by atoms with Crippen molar-refractivity contribution in [1.29, 1.82) is 0 Å². The molecule has 246 valence electrons. The first kappa shape index (κ1) is 32.3. The molecule has 1 saturated heterocycles. The number of thioether (sulfide) groups is 1. The summed E-state index contributed by atoms with van der Waals surface area (Å²) < 4.78 is 18.3. The Morgan fingerprint density at radius 2 is 1.49 bits per heavy atom. The molecule has 7 rings (SSSR count). The van der Waals surface area contributed by atoms with Gasteiger partial charge in [-0.25, -0.2) is 9.59 Å². The van der Waals surface area contributed by atoms with Crippen LogP contribution in [-0.4, -0.2) is 34.8 Å². The lowest BCUT2D eigenvalue weighted by molar-refractivity contribution is -0.255. The molecule has 0 spiro atoms. The van der Waals surface area contributed by atoms with Crippen LogP contribution in [0.1, 0.15) is 71.6 Å². The molecule has 4 unspecified atom stereocenters. The fraction of sp³-hybridized carbons (Fsp3) is 0.154. The van der Waals surface area contributed by atoms with Crippen LogP contribution < -0.4 is 11.1 Å². The molecule has 2 aliphatic rings. The van der Waals surface area contributed by atoms with E-state index < -0.39 is 30.2 Å². The van der Waals surface area contributed by atoms with Gasteiger partial charge < -0.3 is 30.4 Å². The van der Waals surface area contributed by atoms with E-state index in [0.717, 1.165) is 21.6 Å². The highest BCUT2D eigenvalue weighted by molar-refractivity contribution is 7.99. The minimum absolute atomic E-state index is 0.0580. The van der Waals surface area contributed by atoms with E-state index in [1.54, 1.807) is 30.0 Å². The third-order valence-corrected chi connectivity index (χ3v) is 9.79. The second-order valence-electron chi connectivity index (χ2n) is 11.8. The van der Waals surface area contributed by atoms with Gasteiger partial charge in [-0.05, 0) is 59.2 Å². The van der Waals surface area contributed by atoms with Crippen molar-refractivity contribution >= 4 is 41.0 Å². The van der Waals surface area contributed by atoms with Crippen molar-refractivity contribution in [2.75, 3.05) is 16.8 Å². The molecule has 9 nitrogen and oxygen atoms in total. The second-order valence-corrected chi connectivity index (χ2v) is 12.8. The zero-order valence-corrected chi connectivity index (χ0v) is 27.0. The minimum atomic E-state index is -0.793. The van der Waals surface area contributed by atoms with E-state index in [1.165, 1.54) is 18.2 Å². The first-order valence-corrected chi connectivity index (χ1v) is 16.7. The molecule has 5 aromatic carbocycles. The first-order chi connectivity index (χ1) is 23.9. The van der Waals surface area contributed by atoms with Gasteiger partial charge in [0.25, 0.3) is 5.91 Å². The summed E-state index contributed by atoms with van der Waals surface area (Å²) in [6.45, 7) is -0.0659. The number of nitrogen functional groups attached to an aromatic ring is 1. The molecule has 2 heterocycles. The zero-order chi connectivity index (χ0) is 33.9. The number of benzene rings is 5. The number of aliphatic hydroxyl groups excluding tert-OH is 1. The molecule has 2 aliphatic heterocycles. The maximum Gasteiger partial charge on any atom is 0.346 e. The molecule has 1 amide bonds. The molecule has 4 atom stereocenters. The molecule has 0 aliphatic carbocycles. The molecule has 4 N–H and O–H groups in total. The van der Waals surface area contributed by atoms with Crippen molar-refractivity contribution in [1.82, 2.24) is 0 Å². The highest BCUT2D eigenvalue weighted by atomic mass is 32.2.